The van der Waals surface area contributed by atoms with Gasteiger partial charge in [-0.3, -0.25) is 0 Å². The summed E-state index contributed by atoms with van der Waals surface area (Å²) in [5, 5.41) is 7.12. The summed E-state index contributed by atoms with van der Waals surface area (Å²) < 4.78 is 31.7. The maximum absolute atomic E-state index is 10.6. The molecule has 3 fully saturated rings. The van der Waals surface area contributed by atoms with Crippen molar-refractivity contribution in [2.75, 3.05) is 19.6 Å². The average Bonchev–Trinajstić information content (AvgIpc) is 2.20. The predicted octanol–water partition coefficient (Wildman–Crippen LogP) is 1.74. The molecule has 2 bridgehead atoms. The van der Waals surface area contributed by atoms with Gasteiger partial charge in [0.15, 0.2) is 0 Å². The van der Waals surface area contributed by atoms with E-state index in [2.05, 4.69) is 4.90 Å². The van der Waals surface area contributed by atoms with E-state index < -0.39 is 12.1 Å². The highest BCUT2D eigenvalue weighted by molar-refractivity contribution is 5.73. The Labute approximate surface area is 85.9 Å². The first-order valence-corrected chi connectivity index (χ1v) is 4.92. The van der Waals surface area contributed by atoms with Crippen LogP contribution in [0.1, 0.15) is 19.3 Å². The number of aliphatic carboxylic acids is 1. The van der Waals surface area contributed by atoms with Crippen molar-refractivity contribution in [3.63, 3.8) is 0 Å². The minimum absolute atomic E-state index is 1.11. The normalized spacial score (nSPS) is 29.3. The van der Waals surface area contributed by atoms with Crippen LogP contribution in [0.25, 0.3) is 0 Å². The third-order valence-electron chi connectivity index (χ3n) is 2.80. The number of halogens is 3. The molecule has 0 atom stereocenters. The number of carboxylic acids is 1. The summed E-state index contributed by atoms with van der Waals surface area (Å²) in [5.74, 6) is -1.65. The second-order valence-electron chi connectivity index (χ2n) is 3.88. The minimum atomic E-state index is -5.08. The molecule has 3 aliphatic rings. The zero-order valence-corrected chi connectivity index (χ0v) is 8.26. The van der Waals surface area contributed by atoms with Gasteiger partial charge in [-0.1, -0.05) is 0 Å². The predicted molar refractivity (Wildman–Crippen MR) is 47.5 cm³/mol. The van der Waals surface area contributed by atoms with Crippen LogP contribution in [0.2, 0.25) is 0 Å². The second kappa shape index (κ2) is 4.83. The molecule has 88 valence electrons. The largest absolute Gasteiger partial charge is 0.490 e. The highest BCUT2D eigenvalue weighted by atomic mass is 19.4. The minimum Gasteiger partial charge on any atom is -0.475 e. The van der Waals surface area contributed by atoms with Gasteiger partial charge in [0.2, 0.25) is 0 Å². The highest BCUT2D eigenvalue weighted by Crippen LogP contribution is 2.26. The molecule has 0 spiro atoms. The number of rotatable bonds is 0. The summed E-state index contributed by atoms with van der Waals surface area (Å²) in [5.41, 5.74) is 0. The fraction of sp³-hybridized carbons (Fsp3) is 0.889. The van der Waals surface area contributed by atoms with E-state index in [1.54, 1.807) is 0 Å². The molecule has 0 amide bonds. The van der Waals surface area contributed by atoms with Gasteiger partial charge in [-0.15, -0.1) is 0 Å². The van der Waals surface area contributed by atoms with Gasteiger partial charge in [-0.25, -0.2) is 4.79 Å². The number of hydrogen-bond donors (Lipinski definition) is 1. The molecule has 0 aliphatic carbocycles. The van der Waals surface area contributed by atoms with Crippen LogP contribution in [-0.2, 0) is 4.79 Å². The van der Waals surface area contributed by atoms with E-state index >= 15 is 0 Å². The monoisotopic (exact) mass is 225 g/mol. The molecule has 0 aromatic heterocycles. The van der Waals surface area contributed by atoms with Crippen LogP contribution in [0.3, 0.4) is 0 Å². The zero-order valence-electron chi connectivity index (χ0n) is 8.26. The summed E-state index contributed by atoms with van der Waals surface area (Å²) >= 11 is 0. The first-order chi connectivity index (χ1) is 6.89. The summed E-state index contributed by atoms with van der Waals surface area (Å²) in [6.45, 7) is 4.18. The number of carboxylic acid groups (broad SMARTS) is 1. The van der Waals surface area contributed by atoms with Gasteiger partial charge < -0.3 is 10.0 Å². The van der Waals surface area contributed by atoms with Crippen molar-refractivity contribution in [3.05, 3.63) is 0 Å². The van der Waals surface area contributed by atoms with Gasteiger partial charge in [0.1, 0.15) is 0 Å². The van der Waals surface area contributed by atoms with Crippen LogP contribution < -0.4 is 0 Å². The number of nitrogens with zero attached hydrogens (tertiary/aromatic N) is 1. The lowest BCUT2D eigenvalue weighted by Crippen LogP contribution is -2.41. The molecule has 0 unspecified atom stereocenters. The van der Waals surface area contributed by atoms with Gasteiger partial charge in [-0.2, -0.15) is 13.2 Å². The van der Waals surface area contributed by atoms with Crippen LogP contribution in [0.15, 0.2) is 0 Å². The summed E-state index contributed by atoms with van der Waals surface area (Å²) in [6, 6.07) is 0. The fourth-order valence-electron chi connectivity index (χ4n) is 1.86. The van der Waals surface area contributed by atoms with Gasteiger partial charge in [0.05, 0.1) is 0 Å². The lowest BCUT2D eigenvalue weighted by atomic mass is 9.89. The molecule has 6 heteroatoms. The molecular weight excluding hydrogens is 211 g/mol. The number of piperidine rings is 3. The average molecular weight is 225 g/mol. The third kappa shape index (κ3) is 4.07. The van der Waals surface area contributed by atoms with Crippen LogP contribution in [0, 0.1) is 5.92 Å². The van der Waals surface area contributed by atoms with Crippen LogP contribution in [-0.4, -0.2) is 41.8 Å². The Kier molecular flexibility index (Phi) is 3.96. The lowest BCUT2D eigenvalue weighted by Gasteiger charge is -2.38. The number of carbonyl (C=O) groups is 1. The van der Waals surface area contributed by atoms with E-state index in [-0.39, 0.29) is 0 Å². The van der Waals surface area contributed by atoms with Gasteiger partial charge in [-0.05, 0) is 44.8 Å². The topological polar surface area (TPSA) is 40.5 Å². The van der Waals surface area contributed by atoms with E-state index in [9.17, 15) is 13.2 Å². The quantitative estimate of drug-likeness (QED) is 0.682. The molecule has 3 aliphatic heterocycles. The van der Waals surface area contributed by atoms with E-state index in [1.807, 2.05) is 0 Å². The lowest BCUT2D eigenvalue weighted by molar-refractivity contribution is -0.192. The van der Waals surface area contributed by atoms with E-state index in [4.69, 9.17) is 9.90 Å². The van der Waals surface area contributed by atoms with E-state index in [0.717, 1.165) is 5.92 Å². The van der Waals surface area contributed by atoms with Crippen molar-refractivity contribution >= 4 is 5.97 Å². The molecule has 1 N–H and O–H groups in total. The highest BCUT2D eigenvalue weighted by Gasteiger charge is 2.38. The van der Waals surface area contributed by atoms with Gasteiger partial charge in [0, 0.05) is 0 Å². The Hall–Kier alpha value is -0.780. The SMILES string of the molecule is C1CN2CCC1CC2.O=C(O)C(F)(F)F. The Morgan fingerprint density at radius 3 is 1.53 bits per heavy atom. The Morgan fingerprint density at radius 1 is 1.13 bits per heavy atom. The van der Waals surface area contributed by atoms with Crippen molar-refractivity contribution in [3.8, 4) is 0 Å². The maximum Gasteiger partial charge on any atom is 0.490 e. The maximum atomic E-state index is 10.6. The van der Waals surface area contributed by atoms with Crippen molar-refractivity contribution in [2.45, 2.75) is 25.4 Å². The molecule has 3 nitrogen and oxygen atoms in total. The molecule has 0 aromatic rings. The van der Waals surface area contributed by atoms with Crippen LogP contribution in [0.5, 0.6) is 0 Å². The molecular formula is C9H14F3NO2. The first-order valence-electron chi connectivity index (χ1n) is 4.92. The van der Waals surface area contributed by atoms with Gasteiger partial charge >= 0.3 is 12.1 Å². The number of hydrogen-bond acceptors (Lipinski definition) is 2. The number of fused-ring (bicyclic) bond motifs is 3. The third-order valence-corrected chi connectivity index (χ3v) is 2.80. The summed E-state index contributed by atoms with van der Waals surface area (Å²) in [7, 11) is 0. The molecule has 0 radical (unpaired) electrons. The second-order valence-corrected chi connectivity index (χ2v) is 3.88. The number of alkyl halides is 3. The fourth-order valence-corrected chi connectivity index (χ4v) is 1.86. The van der Waals surface area contributed by atoms with E-state index in [0.29, 0.717) is 0 Å². The van der Waals surface area contributed by atoms with Crippen molar-refractivity contribution < 1.29 is 23.1 Å². The van der Waals surface area contributed by atoms with E-state index in [1.165, 1.54) is 38.9 Å². The summed E-state index contributed by atoms with van der Waals surface area (Å²) in [6.07, 6.45) is -0.625. The smallest absolute Gasteiger partial charge is 0.475 e. The molecule has 0 aromatic carbocycles. The zero-order chi connectivity index (χ0) is 11.5. The molecule has 3 saturated heterocycles. The van der Waals surface area contributed by atoms with Crippen LogP contribution >= 0.6 is 0 Å². The van der Waals surface area contributed by atoms with Crippen molar-refractivity contribution in [2.24, 2.45) is 5.92 Å². The van der Waals surface area contributed by atoms with Gasteiger partial charge in [0.25, 0.3) is 0 Å². The molecule has 0 saturated carbocycles. The van der Waals surface area contributed by atoms with Crippen molar-refractivity contribution in [1.82, 2.24) is 4.90 Å². The van der Waals surface area contributed by atoms with Crippen molar-refractivity contribution in [1.29, 1.82) is 0 Å². The standard InChI is InChI=1S/C7H13N.C2HF3O2/c1-4-8-5-2-7(1)3-6-8;3-2(4,5)1(6)7/h7H,1-6H2;(H,6,7). The Bertz CT molecular complexity index is 199. The first kappa shape index (κ1) is 12.3. The molecule has 3 heterocycles. The Balaban J connectivity index is 0.000000153. The summed E-state index contributed by atoms with van der Waals surface area (Å²) in [4.78, 5) is 11.5. The molecule has 3 rings (SSSR count). The van der Waals surface area contributed by atoms with Crippen LogP contribution in [0.4, 0.5) is 13.2 Å². The Morgan fingerprint density at radius 2 is 1.47 bits per heavy atom. The molecule has 15 heavy (non-hydrogen) atoms.